The highest BCUT2D eigenvalue weighted by atomic mass is 79.9. The zero-order chi connectivity index (χ0) is 10.0. The van der Waals surface area contributed by atoms with Gasteiger partial charge in [0.25, 0.3) is 0 Å². The summed E-state index contributed by atoms with van der Waals surface area (Å²) in [6, 6.07) is 5.01. The molecule has 1 aromatic carbocycles. The maximum Gasteiger partial charge on any atom is 0.0952 e. The van der Waals surface area contributed by atoms with Crippen molar-refractivity contribution in [2.24, 2.45) is 5.73 Å². The number of hydrogen-bond acceptors (Lipinski definition) is 2. The molecular formula is C9H11BrClNO. The molecule has 0 aromatic heterocycles. The van der Waals surface area contributed by atoms with Gasteiger partial charge in [-0.15, -0.1) is 0 Å². The summed E-state index contributed by atoms with van der Waals surface area (Å²) in [5, 5.41) is 10.2. The molecule has 1 rings (SSSR count). The van der Waals surface area contributed by atoms with Crippen molar-refractivity contribution in [2.75, 3.05) is 0 Å². The van der Waals surface area contributed by atoms with E-state index in [0.717, 1.165) is 4.47 Å². The zero-order valence-corrected chi connectivity index (χ0v) is 9.51. The Hall–Kier alpha value is -0.0900. The first-order valence-corrected chi connectivity index (χ1v) is 5.08. The predicted molar refractivity (Wildman–Crippen MR) is 57.8 cm³/mol. The van der Waals surface area contributed by atoms with E-state index in [4.69, 9.17) is 17.3 Å². The lowest BCUT2D eigenvalue weighted by Gasteiger charge is -2.16. The zero-order valence-electron chi connectivity index (χ0n) is 7.17. The van der Waals surface area contributed by atoms with Gasteiger partial charge in [-0.05, 0) is 19.1 Å². The molecule has 2 nitrogen and oxygen atoms in total. The first-order valence-electron chi connectivity index (χ1n) is 3.91. The van der Waals surface area contributed by atoms with Crippen LogP contribution in [0.3, 0.4) is 0 Å². The van der Waals surface area contributed by atoms with Crippen LogP contribution in [0.25, 0.3) is 0 Å². The van der Waals surface area contributed by atoms with Crippen molar-refractivity contribution in [1.82, 2.24) is 0 Å². The third kappa shape index (κ3) is 2.68. The van der Waals surface area contributed by atoms with Gasteiger partial charge < -0.3 is 10.8 Å². The second-order valence-corrected chi connectivity index (χ2v) is 4.29. The first-order chi connectivity index (χ1) is 6.02. The van der Waals surface area contributed by atoms with E-state index in [-0.39, 0.29) is 6.04 Å². The highest BCUT2D eigenvalue weighted by molar-refractivity contribution is 9.10. The minimum absolute atomic E-state index is 0.321. The summed E-state index contributed by atoms with van der Waals surface area (Å²) in [5.41, 5.74) is 6.22. The molecule has 0 heterocycles. The number of aliphatic hydroxyl groups is 1. The molecule has 72 valence electrons. The Bertz CT molecular complexity index is 304. The quantitative estimate of drug-likeness (QED) is 0.862. The van der Waals surface area contributed by atoms with Crippen molar-refractivity contribution < 1.29 is 5.11 Å². The minimum Gasteiger partial charge on any atom is -0.387 e. The number of halogens is 2. The van der Waals surface area contributed by atoms with Crippen molar-refractivity contribution in [3.63, 3.8) is 0 Å². The molecule has 0 aliphatic carbocycles. The van der Waals surface area contributed by atoms with E-state index in [1.807, 2.05) is 6.07 Å². The van der Waals surface area contributed by atoms with Crippen LogP contribution in [0.2, 0.25) is 5.02 Å². The fraction of sp³-hybridized carbons (Fsp3) is 0.333. The summed E-state index contributed by atoms with van der Waals surface area (Å²) in [5.74, 6) is 0. The van der Waals surface area contributed by atoms with Crippen molar-refractivity contribution >= 4 is 27.5 Å². The summed E-state index contributed by atoms with van der Waals surface area (Å²) in [4.78, 5) is 0. The monoisotopic (exact) mass is 263 g/mol. The number of benzene rings is 1. The number of nitrogens with two attached hydrogens (primary N) is 1. The van der Waals surface area contributed by atoms with Crippen molar-refractivity contribution in [3.8, 4) is 0 Å². The third-order valence-electron chi connectivity index (χ3n) is 1.78. The molecule has 0 saturated carbocycles. The third-order valence-corrected chi connectivity index (χ3v) is 2.60. The molecule has 1 aromatic rings. The molecule has 0 aliphatic heterocycles. The van der Waals surface area contributed by atoms with Crippen molar-refractivity contribution in [2.45, 2.75) is 19.1 Å². The Labute approximate surface area is 90.8 Å². The van der Waals surface area contributed by atoms with E-state index in [0.29, 0.717) is 10.6 Å². The lowest BCUT2D eigenvalue weighted by Crippen LogP contribution is -2.24. The summed E-state index contributed by atoms with van der Waals surface area (Å²) in [7, 11) is 0. The van der Waals surface area contributed by atoms with Gasteiger partial charge in [-0.1, -0.05) is 33.6 Å². The minimum atomic E-state index is -0.708. The second-order valence-electron chi connectivity index (χ2n) is 2.97. The summed E-state index contributed by atoms with van der Waals surface area (Å²) >= 11 is 9.21. The fourth-order valence-corrected chi connectivity index (χ4v) is 1.81. The number of rotatable bonds is 2. The van der Waals surface area contributed by atoms with Crippen LogP contribution >= 0.6 is 27.5 Å². The Kier molecular flexibility index (Phi) is 3.74. The molecule has 0 bridgehead atoms. The van der Waals surface area contributed by atoms with E-state index in [9.17, 15) is 5.11 Å². The Morgan fingerprint density at radius 3 is 2.62 bits per heavy atom. The van der Waals surface area contributed by atoms with E-state index in [2.05, 4.69) is 15.9 Å². The van der Waals surface area contributed by atoms with E-state index in [1.54, 1.807) is 19.1 Å². The van der Waals surface area contributed by atoms with Gasteiger partial charge in [0.2, 0.25) is 0 Å². The molecule has 3 N–H and O–H groups in total. The standard InChI is InChI=1S/C9H11BrClNO/c1-5(12)9(13)7-3-2-6(10)4-8(7)11/h2-5,9,13H,12H2,1H3. The van der Waals surface area contributed by atoms with Gasteiger partial charge in [0.15, 0.2) is 0 Å². The Morgan fingerprint density at radius 2 is 2.15 bits per heavy atom. The molecule has 0 amide bonds. The van der Waals surface area contributed by atoms with Crippen LogP contribution in [0.5, 0.6) is 0 Å². The molecule has 0 saturated heterocycles. The lowest BCUT2D eigenvalue weighted by molar-refractivity contribution is 0.153. The van der Waals surface area contributed by atoms with Gasteiger partial charge in [0, 0.05) is 21.1 Å². The molecule has 0 spiro atoms. The largest absolute Gasteiger partial charge is 0.387 e. The van der Waals surface area contributed by atoms with Crippen molar-refractivity contribution in [1.29, 1.82) is 0 Å². The van der Waals surface area contributed by atoms with Crippen LogP contribution in [0.1, 0.15) is 18.6 Å². The highest BCUT2D eigenvalue weighted by Crippen LogP contribution is 2.27. The molecule has 4 heteroatoms. The number of hydrogen-bond donors (Lipinski definition) is 2. The molecule has 0 fully saturated rings. The average Bonchev–Trinajstić information content (AvgIpc) is 2.03. The SMILES string of the molecule is CC(N)C(O)c1ccc(Br)cc1Cl. The maximum atomic E-state index is 9.64. The smallest absolute Gasteiger partial charge is 0.0952 e. The van der Waals surface area contributed by atoms with Gasteiger partial charge in [-0.3, -0.25) is 0 Å². The predicted octanol–water partition coefficient (Wildman–Crippen LogP) is 2.48. The van der Waals surface area contributed by atoms with Crippen LogP contribution in [0.4, 0.5) is 0 Å². The van der Waals surface area contributed by atoms with E-state index >= 15 is 0 Å². The van der Waals surface area contributed by atoms with E-state index in [1.165, 1.54) is 0 Å². The van der Waals surface area contributed by atoms with Gasteiger partial charge in [-0.25, -0.2) is 0 Å². The number of aliphatic hydroxyl groups excluding tert-OH is 1. The van der Waals surface area contributed by atoms with Crippen molar-refractivity contribution in [3.05, 3.63) is 33.3 Å². The first kappa shape index (κ1) is 11.0. The van der Waals surface area contributed by atoms with Gasteiger partial charge in [0.05, 0.1) is 6.10 Å². The molecule has 2 atom stereocenters. The molecule has 0 radical (unpaired) electrons. The topological polar surface area (TPSA) is 46.2 Å². The fourth-order valence-electron chi connectivity index (χ4n) is 1.02. The lowest BCUT2D eigenvalue weighted by atomic mass is 10.0. The van der Waals surface area contributed by atoms with Crippen LogP contribution in [0, 0.1) is 0 Å². The van der Waals surface area contributed by atoms with Crippen LogP contribution in [-0.2, 0) is 0 Å². The highest BCUT2D eigenvalue weighted by Gasteiger charge is 2.15. The van der Waals surface area contributed by atoms with Gasteiger partial charge in [-0.2, -0.15) is 0 Å². The Morgan fingerprint density at radius 1 is 1.54 bits per heavy atom. The normalized spacial score (nSPS) is 15.5. The summed E-state index contributed by atoms with van der Waals surface area (Å²) in [6.45, 7) is 1.74. The van der Waals surface area contributed by atoms with Gasteiger partial charge in [0.1, 0.15) is 0 Å². The molecular weight excluding hydrogens is 253 g/mol. The second kappa shape index (κ2) is 4.42. The summed E-state index contributed by atoms with van der Waals surface area (Å²) < 4.78 is 0.887. The van der Waals surface area contributed by atoms with Crippen LogP contribution in [0.15, 0.2) is 22.7 Å². The molecule has 0 aliphatic rings. The van der Waals surface area contributed by atoms with Gasteiger partial charge >= 0.3 is 0 Å². The average molecular weight is 265 g/mol. The van der Waals surface area contributed by atoms with Crippen LogP contribution < -0.4 is 5.73 Å². The van der Waals surface area contributed by atoms with E-state index < -0.39 is 6.10 Å². The molecule has 13 heavy (non-hydrogen) atoms. The van der Waals surface area contributed by atoms with Crippen LogP contribution in [-0.4, -0.2) is 11.1 Å². The Balaban J connectivity index is 3.01. The summed E-state index contributed by atoms with van der Waals surface area (Å²) in [6.07, 6.45) is -0.708. The molecule has 2 unspecified atom stereocenters. The maximum absolute atomic E-state index is 9.64.